The molecule has 0 saturated heterocycles. The van der Waals surface area contributed by atoms with Crippen LogP contribution in [0.5, 0.6) is 5.75 Å². The van der Waals surface area contributed by atoms with Crippen LogP contribution < -0.4 is 14.6 Å². The Morgan fingerprint density at radius 2 is 1.85 bits per heavy atom. The predicted molar refractivity (Wildman–Crippen MR) is 140 cm³/mol. The van der Waals surface area contributed by atoms with Crippen molar-refractivity contribution in [3.8, 4) is 5.75 Å². The van der Waals surface area contributed by atoms with Gasteiger partial charge >= 0.3 is 0 Å². The number of hydrogen-bond donors (Lipinski definition) is 2. The highest BCUT2D eigenvalue weighted by Crippen LogP contribution is 2.39. The van der Waals surface area contributed by atoms with Crippen molar-refractivity contribution in [1.82, 2.24) is 15.4 Å². The SMILES string of the molecule is C=CNN=CC(c1cc(NS(=O)(=O)C2CC2)cc(O[Si](C)(C)C(C)(C)C)c1)N(C)N(C)C=C. The molecule has 0 bridgehead atoms. The molecule has 0 heterocycles. The first-order valence-corrected chi connectivity index (χ1v) is 15.5. The molecule has 1 saturated carbocycles. The fourth-order valence-corrected chi connectivity index (χ4v) is 5.26. The van der Waals surface area contributed by atoms with Gasteiger partial charge in [-0.15, -0.1) is 0 Å². The van der Waals surface area contributed by atoms with Crippen molar-refractivity contribution in [3.63, 3.8) is 0 Å². The van der Waals surface area contributed by atoms with Crippen LogP contribution >= 0.6 is 0 Å². The summed E-state index contributed by atoms with van der Waals surface area (Å²) in [6.07, 6.45) is 6.28. The average Bonchev–Trinajstić information content (AvgIpc) is 3.54. The van der Waals surface area contributed by atoms with Crippen LogP contribution in [0.2, 0.25) is 18.1 Å². The van der Waals surface area contributed by atoms with Crippen molar-refractivity contribution >= 4 is 30.2 Å². The summed E-state index contributed by atoms with van der Waals surface area (Å²) in [7, 11) is -1.80. The zero-order chi connectivity index (χ0) is 25.0. The molecule has 33 heavy (non-hydrogen) atoms. The van der Waals surface area contributed by atoms with Gasteiger partial charge < -0.3 is 9.43 Å². The van der Waals surface area contributed by atoms with Crippen LogP contribution in [0.25, 0.3) is 0 Å². The molecule has 1 atom stereocenters. The third-order valence-electron chi connectivity index (χ3n) is 6.22. The summed E-state index contributed by atoms with van der Waals surface area (Å²) < 4.78 is 34.7. The molecule has 8 nitrogen and oxygen atoms in total. The minimum Gasteiger partial charge on any atom is -0.543 e. The minimum absolute atomic E-state index is 0.00866. The van der Waals surface area contributed by atoms with Crippen molar-refractivity contribution in [2.24, 2.45) is 5.10 Å². The Kier molecular flexibility index (Phi) is 8.42. The highest BCUT2D eigenvalue weighted by molar-refractivity contribution is 7.93. The number of sulfonamides is 1. The molecule has 1 aliphatic carbocycles. The summed E-state index contributed by atoms with van der Waals surface area (Å²) in [5.74, 6) is 0.636. The smallest absolute Gasteiger partial charge is 0.250 e. The molecule has 1 unspecified atom stereocenters. The Morgan fingerprint density at radius 3 is 2.36 bits per heavy atom. The normalized spacial score (nSPS) is 15.9. The second-order valence-electron chi connectivity index (χ2n) is 9.89. The fourth-order valence-electron chi connectivity index (χ4n) is 2.87. The van der Waals surface area contributed by atoms with Crippen LogP contribution in [0.15, 0.2) is 48.9 Å². The van der Waals surface area contributed by atoms with Gasteiger partial charge in [0.1, 0.15) is 5.75 Å². The molecule has 1 aromatic rings. The number of anilines is 1. The molecular weight excluding hydrogens is 454 g/mol. The van der Waals surface area contributed by atoms with Gasteiger partial charge in [-0.3, -0.25) is 10.1 Å². The van der Waals surface area contributed by atoms with Crippen molar-refractivity contribution in [2.45, 2.75) is 63.0 Å². The van der Waals surface area contributed by atoms with E-state index in [1.54, 1.807) is 18.5 Å². The van der Waals surface area contributed by atoms with E-state index in [0.717, 1.165) is 5.56 Å². The van der Waals surface area contributed by atoms with Gasteiger partial charge in [0.05, 0.1) is 17.0 Å². The van der Waals surface area contributed by atoms with Crippen LogP contribution in [0.4, 0.5) is 5.69 Å². The Labute approximate surface area is 200 Å². The lowest BCUT2D eigenvalue weighted by molar-refractivity contribution is 0.0598. The predicted octanol–water partition coefficient (Wildman–Crippen LogP) is 4.66. The van der Waals surface area contributed by atoms with E-state index >= 15 is 0 Å². The van der Waals surface area contributed by atoms with Gasteiger partial charge in [-0.05, 0) is 48.7 Å². The standard InChI is InChI=1S/C23H39N5O3SSi/c1-10-24-25-17-22(28(7)27(6)11-2)18-14-19(26-32(29,30)21-12-13-21)16-20(15-18)31-33(8,9)23(3,4)5/h10-11,14-17,21-22,24,26H,1-2,12-13H2,3-9H3. The molecule has 2 N–H and O–H groups in total. The van der Waals surface area contributed by atoms with Gasteiger partial charge in [-0.25, -0.2) is 13.4 Å². The van der Waals surface area contributed by atoms with E-state index in [0.29, 0.717) is 24.3 Å². The summed E-state index contributed by atoms with van der Waals surface area (Å²) >= 11 is 0. The summed E-state index contributed by atoms with van der Waals surface area (Å²) in [6.45, 7) is 18.3. The lowest BCUT2D eigenvalue weighted by atomic mass is 10.1. The van der Waals surface area contributed by atoms with E-state index in [-0.39, 0.29) is 16.3 Å². The molecule has 1 aromatic carbocycles. The zero-order valence-corrected chi connectivity index (χ0v) is 22.7. The molecule has 0 spiro atoms. The second-order valence-corrected chi connectivity index (χ2v) is 16.6. The number of nitrogens with zero attached hydrogens (tertiary/aromatic N) is 3. The Hall–Kier alpha value is -2.30. The van der Waals surface area contributed by atoms with E-state index < -0.39 is 18.3 Å². The first kappa shape index (κ1) is 26.9. The van der Waals surface area contributed by atoms with Gasteiger partial charge in [0.15, 0.2) is 0 Å². The quantitative estimate of drug-likeness (QED) is 0.250. The van der Waals surface area contributed by atoms with Crippen LogP contribution in [-0.4, -0.2) is 52.3 Å². The van der Waals surface area contributed by atoms with Crippen LogP contribution in [0.3, 0.4) is 0 Å². The minimum atomic E-state index is -3.43. The van der Waals surface area contributed by atoms with Gasteiger partial charge in [-0.2, -0.15) is 5.10 Å². The summed E-state index contributed by atoms with van der Waals surface area (Å²) in [5.41, 5.74) is 4.04. The number of hydrogen-bond acceptors (Lipinski definition) is 7. The summed E-state index contributed by atoms with van der Waals surface area (Å²) in [4.78, 5) is 0. The van der Waals surface area contributed by atoms with Gasteiger partial charge in [0, 0.05) is 38.8 Å². The lowest BCUT2D eigenvalue weighted by Gasteiger charge is -2.37. The van der Waals surface area contributed by atoms with Gasteiger partial charge in [0.2, 0.25) is 18.3 Å². The molecule has 1 aliphatic rings. The maximum atomic E-state index is 12.7. The number of hydrazine groups is 1. The first-order chi connectivity index (χ1) is 15.2. The second kappa shape index (κ2) is 10.3. The fraction of sp³-hybridized carbons (Fsp3) is 0.522. The van der Waals surface area contributed by atoms with Crippen LogP contribution in [-0.2, 0) is 10.0 Å². The Bertz CT molecular complexity index is 984. The number of hydrazone groups is 1. The molecule has 2 rings (SSSR count). The molecule has 0 aliphatic heterocycles. The summed E-state index contributed by atoms with van der Waals surface area (Å²) in [5, 5.41) is 7.66. The molecule has 10 heteroatoms. The molecule has 1 fully saturated rings. The average molecular weight is 494 g/mol. The molecule has 0 amide bonds. The molecular formula is C23H39N5O3SSi. The van der Waals surface area contributed by atoms with E-state index in [9.17, 15) is 8.42 Å². The Morgan fingerprint density at radius 1 is 1.21 bits per heavy atom. The largest absolute Gasteiger partial charge is 0.543 e. The lowest BCUT2D eigenvalue weighted by Crippen LogP contribution is -2.44. The van der Waals surface area contributed by atoms with Crippen molar-refractivity contribution < 1.29 is 12.8 Å². The van der Waals surface area contributed by atoms with E-state index in [2.05, 4.69) is 62.3 Å². The maximum Gasteiger partial charge on any atom is 0.250 e. The van der Waals surface area contributed by atoms with Crippen LogP contribution in [0.1, 0.15) is 45.2 Å². The van der Waals surface area contributed by atoms with E-state index in [1.165, 1.54) is 6.20 Å². The monoisotopic (exact) mass is 493 g/mol. The van der Waals surface area contributed by atoms with Gasteiger partial charge in [0.25, 0.3) is 0 Å². The van der Waals surface area contributed by atoms with Crippen molar-refractivity contribution in [2.75, 3.05) is 18.8 Å². The third kappa shape index (κ3) is 7.09. The van der Waals surface area contributed by atoms with E-state index in [1.807, 2.05) is 36.2 Å². The van der Waals surface area contributed by atoms with E-state index in [4.69, 9.17) is 4.43 Å². The summed E-state index contributed by atoms with van der Waals surface area (Å²) in [6, 6.07) is 5.23. The molecule has 0 radical (unpaired) electrons. The van der Waals surface area contributed by atoms with Crippen molar-refractivity contribution in [1.29, 1.82) is 0 Å². The van der Waals surface area contributed by atoms with Gasteiger partial charge in [-0.1, -0.05) is 33.9 Å². The third-order valence-corrected chi connectivity index (χ3v) is 12.4. The number of rotatable bonds is 12. The number of nitrogens with one attached hydrogen (secondary N) is 2. The topological polar surface area (TPSA) is 86.3 Å². The highest BCUT2D eigenvalue weighted by atomic mass is 32.2. The Balaban J connectivity index is 2.57. The molecule has 0 aromatic heterocycles. The van der Waals surface area contributed by atoms with Crippen molar-refractivity contribution in [3.05, 3.63) is 49.3 Å². The molecule has 184 valence electrons. The highest BCUT2D eigenvalue weighted by Gasteiger charge is 2.39. The zero-order valence-electron chi connectivity index (χ0n) is 20.9. The van der Waals surface area contributed by atoms with Crippen LogP contribution in [0, 0.1) is 0 Å². The first-order valence-electron chi connectivity index (χ1n) is 11.0. The number of benzene rings is 1. The maximum absolute atomic E-state index is 12.7.